The maximum Gasteiger partial charge on any atom is 0.337 e. The fraction of sp³-hybridized carbons (Fsp3) is 0.238. The molecule has 2 aromatic rings. The minimum Gasteiger partial charge on any atom is -0.493 e. The van der Waals surface area contributed by atoms with Crippen LogP contribution in [0.3, 0.4) is 0 Å². The Morgan fingerprint density at radius 1 is 1.24 bits per heavy atom. The van der Waals surface area contributed by atoms with Crippen molar-refractivity contribution in [3.63, 3.8) is 0 Å². The van der Waals surface area contributed by atoms with Crippen molar-refractivity contribution in [2.24, 2.45) is 5.10 Å². The van der Waals surface area contributed by atoms with Gasteiger partial charge < -0.3 is 29.3 Å². The summed E-state index contributed by atoms with van der Waals surface area (Å²) in [6.45, 7) is 1.28. The molecule has 0 bridgehead atoms. The van der Waals surface area contributed by atoms with Crippen LogP contribution in [0.2, 0.25) is 0 Å². The van der Waals surface area contributed by atoms with Gasteiger partial charge in [0.15, 0.2) is 22.8 Å². The number of urea groups is 1. The molecule has 3 N–H and O–H groups in total. The Bertz CT molecular complexity index is 1130. The Morgan fingerprint density at radius 3 is 2.70 bits per heavy atom. The lowest BCUT2D eigenvalue weighted by Gasteiger charge is -2.28. The van der Waals surface area contributed by atoms with Crippen molar-refractivity contribution >= 4 is 40.1 Å². The quantitative estimate of drug-likeness (QED) is 0.275. The number of rotatable bonds is 8. The van der Waals surface area contributed by atoms with Crippen LogP contribution in [-0.2, 0) is 14.3 Å². The summed E-state index contributed by atoms with van der Waals surface area (Å²) in [5.74, 6) is -0.0284. The molecular weight excluding hydrogens is 500 g/mol. The number of benzene rings is 1. The van der Waals surface area contributed by atoms with E-state index in [9.17, 15) is 14.4 Å². The van der Waals surface area contributed by atoms with Crippen LogP contribution in [0.15, 0.2) is 55.8 Å². The van der Waals surface area contributed by atoms with Crippen LogP contribution in [0.5, 0.6) is 11.5 Å². The molecule has 174 valence electrons. The van der Waals surface area contributed by atoms with Crippen molar-refractivity contribution in [2.45, 2.75) is 13.0 Å². The lowest BCUT2D eigenvalue weighted by atomic mass is 9.95. The highest BCUT2D eigenvalue weighted by atomic mass is 79.9. The zero-order valence-electron chi connectivity index (χ0n) is 17.9. The Labute approximate surface area is 197 Å². The van der Waals surface area contributed by atoms with Crippen LogP contribution in [0.25, 0.3) is 0 Å². The van der Waals surface area contributed by atoms with E-state index < -0.39 is 23.9 Å². The molecule has 1 aromatic heterocycles. The lowest BCUT2D eigenvalue weighted by molar-refractivity contribution is -0.136. The Balaban J connectivity index is 1.69. The third-order valence-corrected chi connectivity index (χ3v) is 4.96. The average molecular weight is 521 g/mol. The molecule has 0 saturated heterocycles. The van der Waals surface area contributed by atoms with Gasteiger partial charge in [0.1, 0.15) is 5.76 Å². The normalized spacial score (nSPS) is 15.6. The molecule has 1 aliphatic rings. The molecule has 0 fully saturated rings. The molecule has 33 heavy (non-hydrogen) atoms. The van der Waals surface area contributed by atoms with Gasteiger partial charge in [-0.2, -0.15) is 5.10 Å². The van der Waals surface area contributed by atoms with Gasteiger partial charge in [0.05, 0.1) is 32.0 Å². The van der Waals surface area contributed by atoms with Gasteiger partial charge in [0, 0.05) is 5.70 Å². The number of esters is 1. The molecule has 1 aromatic carbocycles. The minimum atomic E-state index is -0.756. The average Bonchev–Trinajstić information content (AvgIpc) is 3.21. The Kier molecular flexibility index (Phi) is 7.72. The van der Waals surface area contributed by atoms with Crippen LogP contribution in [0.4, 0.5) is 4.79 Å². The van der Waals surface area contributed by atoms with Crippen LogP contribution in [-0.4, -0.2) is 44.9 Å². The molecule has 0 spiro atoms. The summed E-state index contributed by atoms with van der Waals surface area (Å²) in [6.07, 6.45) is 1.35. The first-order valence-electron chi connectivity index (χ1n) is 9.57. The maximum atomic E-state index is 12.3. The molecule has 3 amide bonds. The number of allylic oxidation sites excluding steroid dienone is 1. The number of amides is 3. The van der Waals surface area contributed by atoms with Gasteiger partial charge in [-0.1, -0.05) is 6.07 Å². The number of carbonyl (C=O) groups excluding carboxylic acids is 3. The first-order valence-corrected chi connectivity index (χ1v) is 10.4. The number of hydrogen-bond donors (Lipinski definition) is 3. The fourth-order valence-corrected chi connectivity index (χ4v) is 3.37. The van der Waals surface area contributed by atoms with E-state index in [2.05, 4.69) is 37.1 Å². The van der Waals surface area contributed by atoms with Crippen LogP contribution in [0, 0.1) is 0 Å². The molecule has 11 nitrogen and oxygen atoms in total. The first kappa shape index (κ1) is 23.9. The van der Waals surface area contributed by atoms with E-state index in [1.165, 1.54) is 20.4 Å². The van der Waals surface area contributed by atoms with Crippen molar-refractivity contribution in [2.75, 3.05) is 20.8 Å². The van der Waals surface area contributed by atoms with Crippen LogP contribution in [0.1, 0.15) is 24.3 Å². The highest BCUT2D eigenvalue weighted by Gasteiger charge is 2.32. The number of hydrogen-bond acceptors (Lipinski definition) is 8. The topological polar surface area (TPSA) is 140 Å². The predicted octanol–water partition coefficient (Wildman–Crippen LogP) is 2.38. The Hall–Kier alpha value is -3.80. The molecule has 1 atom stereocenters. The van der Waals surface area contributed by atoms with Crippen molar-refractivity contribution in [3.05, 3.63) is 57.6 Å². The lowest BCUT2D eigenvalue weighted by Crippen LogP contribution is -2.45. The van der Waals surface area contributed by atoms with E-state index in [0.717, 1.165) is 0 Å². The van der Waals surface area contributed by atoms with Gasteiger partial charge in [-0.3, -0.25) is 4.79 Å². The fourth-order valence-electron chi connectivity index (χ4n) is 3.05. The molecule has 1 aliphatic heterocycles. The molecule has 0 saturated carbocycles. The number of halogens is 1. The summed E-state index contributed by atoms with van der Waals surface area (Å²) in [5.41, 5.74) is 3.53. The minimum absolute atomic E-state index is 0.258. The first-order chi connectivity index (χ1) is 15.8. The van der Waals surface area contributed by atoms with Crippen molar-refractivity contribution < 1.29 is 33.0 Å². The number of furan rings is 1. The maximum absolute atomic E-state index is 12.3. The highest BCUT2D eigenvalue weighted by molar-refractivity contribution is 9.10. The second-order valence-corrected chi connectivity index (χ2v) is 7.48. The zero-order valence-corrected chi connectivity index (χ0v) is 19.5. The van der Waals surface area contributed by atoms with Crippen LogP contribution >= 0.6 is 15.9 Å². The van der Waals surface area contributed by atoms with Crippen molar-refractivity contribution in [1.29, 1.82) is 0 Å². The van der Waals surface area contributed by atoms with Gasteiger partial charge in [0.2, 0.25) is 0 Å². The third kappa shape index (κ3) is 5.92. The molecule has 2 heterocycles. The van der Waals surface area contributed by atoms with Crippen molar-refractivity contribution in [1.82, 2.24) is 16.1 Å². The standard InChI is InChI=1S/C21H21BrN4O7/c1-11-18(20(28)31-3)19(25-21(29)24-11)12-4-6-14(15(8-12)30-2)32-10-17(27)26-23-9-13-5-7-16(22)33-13/h4-9,19H,10H2,1-3H3,(H,26,27)(H2,24,25,29)/b23-9-/t19-/m0/s1. The smallest absolute Gasteiger partial charge is 0.337 e. The summed E-state index contributed by atoms with van der Waals surface area (Å²) in [4.78, 5) is 36.2. The predicted molar refractivity (Wildman–Crippen MR) is 120 cm³/mol. The SMILES string of the molecule is COC(=O)C1=C(C)NC(=O)N[C@H]1c1ccc(OCC(=O)N/N=C\c2ccc(Br)o2)c(OC)c1. The van der Waals surface area contributed by atoms with Gasteiger partial charge >= 0.3 is 12.0 Å². The van der Waals surface area contributed by atoms with E-state index in [4.69, 9.17) is 18.6 Å². The summed E-state index contributed by atoms with van der Waals surface area (Å²) in [6, 6.07) is 6.99. The second kappa shape index (κ2) is 10.7. The number of ether oxygens (including phenoxy) is 3. The number of nitrogens with zero attached hydrogens (tertiary/aromatic N) is 1. The molecule has 12 heteroatoms. The number of methoxy groups -OCH3 is 2. The summed E-state index contributed by atoms with van der Waals surface area (Å²) in [5, 5.41) is 9.03. The molecule has 0 radical (unpaired) electrons. The van der Waals surface area contributed by atoms with Gasteiger partial charge in [-0.25, -0.2) is 15.0 Å². The van der Waals surface area contributed by atoms with E-state index in [0.29, 0.717) is 27.4 Å². The zero-order chi connectivity index (χ0) is 24.0. The molecule has 3 rings (SSSR count). The van der Waals surface area contributed by atoms with Crippen molar-refractivity contribution in [3.8, 4) is 11.5 Å². The number of nitrogens with one attached hydrogen (secondary N) is 3. The second-order valence-electron chi connectivity index (χ2n) is 6.70. The summed E-state index contributed by atoms with van der Waals surface area (Å²) in [7, 11) is 2.69. The third-order valence-electron chi connectivity index (χ3n) is 4.53. The molecule has 0 aliphatic carbocycles. The molecule has 0 unspecified atom stereocenters. The monoisotopic (exact) mass is 520 g/mol. The number of carbonyl (C=O) groups is 3. The van der Waals surface area contributed by atoms with E-state index in [-0.39, 0.29) is 17.9 Å². The summed E-state index contributed by atoms with van der Waals surface area (Å²) >= 11 is 3.17. The van der Waals surface area contributed by atoms with Crippen LogP contribution < -0.4 is 25.5 Å². The Morgan fingerprint density at radius 2 is 2.03 bits per heavy atom. The van der Waals surface area contributed by atoms with E-state index >= 15 is 0 Å². The number of hydrazone groups is 1. The van der Waals surface area contributed by atoms with Gasteiger partial charge in [0.25, 0.3) is 5.91 Å². The van der Waals surface area contributed by atoms with Gasteiger partial charge in [-0.05, 0) is 52.7 Å². The van der Waals surface area contributed by atoms with E-state index in [1.807, 2.05) is 0 Å². The largest absolute Gasteiger partial charge is 0.493 e. The van der Waals surface area contributed by atoms with Gasteiger partial charge in [-0.15, -0.1) is 0 Å². The summed E-state index contributed by atoms with van der Waals surface area (Å²) < 4.78 is 21.5. The molecular formula is C21H21BrN4O7. The highest BCUT2D eigenvalue weighted by Crippen LogP contribution is 2.34. The van der Waals surface area contributed by atoms with E-state index in [1.54, 1.807) is 37.3 Å².